The molecule has 6 heteroatoms. The number of hydrazine groups is 1. The lowest BCUT2D eigenvalue weighted by Crippen LogP contribution is -2.44. The third-order valence-electron chi connectivity index (χ3n) is 3.79. The maximum Gasteiger partial charge on any atom is 0.276 e. The van der Waals surface area contributed by atoms with Crippen molar-refractivity contribution in [3.8, 4) is 5.75 Å². The molecule has 3 aromatic rings. The quantitative estimate of drug-likeness (QED) is 0.508. The maximum atomic E-state index is 11.9. The number of nitrogens with one attached hydrogen (secondary N) is 2. The summed E-state index contributed by atoms with van der Waals surface area (Å²) in [5.41, 5.74) is 5.80. The van der Waals surface area contributed by atoms with E-state index in [1.807, 2.05) is 67.6 Å². The molecule has 3 aromatic carbocycles. The fraction of sp³-hybridized carbons (Fsp3) is 0.143. The van der Waals surface area contributed by atoms with E-state index in [4.69, 9.17) is 4.74 Å². The molecule has 138 valence electrons. The second kappa shape index (κ2) is 9.09. The van der Waals surface area contributed by atoms with Gasteiger partial charge in [-0.1, -0.05) is 42.5 Å². The van der Waals surface area contributed by atoms with Crippen LogP contribution >= 0.6 is 11.8 Å². The number of carbonyl (C=O) groups is 2. The van der Waals surface area contributed by atoms with E-state index in [1.54, 1.807) is 6.07 Å². The summed E-state index contributed by atoms with van der Waals surface area (Å²) < 4.78 is 5.38. The molecule has 0 aliphatic heterocycles. The molecular formula is C21H20N2O3S. The van der Waals surface area contributed by atoms with Crippen LogP contribution in [0.5, 0.6) is 5.75 Å². The highest BCUT2D eigenvalue weighted by molar-refractivity contribution is 8.00. The maximum absolute atomic E-state index is 11.9. The number of aryl methyl sites for hydroxylation is 1. The zero-order valence-corrected chi connectivity index (χ0v) is 15.7. The molecule has 0 spiro atoms. The summed E-state index contributed by atoms with van der Waals surface area (Å²) in [6.07, 6.45) is 0. The Morgan fingerprint density at radius 2 is 1.67 bits per heavy atom. The molecule has 0 radical (unpaired) electrons. The molecule has 0 saturated carbocycles. The monoisotopic (exact) mass is 380 g/mol. The van der Waals surface area contributed by atoms with Crippen LogP contribution in [-0.4, -0.2) is 24.2 Å². The van der Waals surface area contributed by atoms with Crippen LogP contribution < -0.4 is 15.6 Å². The van der Waals surface area contributed by atoms with Crippen molar-refractivity contribution in [3.63, 3.8) is 0 Å². The lowest BCUT2D eigenvalue weighted by Gasteiger charge is -2.09. The van der Waals surface area contributed by atoms with Gasteiger partial charge in [-0.15, -0.1) is 11.8 Å². The summed E-state index contributed by atoms with van der Waals surface area (Å²) in [6.45, 7) is 1.78. The van der Waals surface area contributed by atoms with E-state index in [2.05, 4.69) is 10.9 Å². The lowest BCUT2D eigenvalue weighted by atomic mass is 10.1. The van der Waals surface area contributed by atoms with Crippen LogP contribution in [0, 0.1) is 6.92 Å². The fourth-order valence-corrected chi connectivity index (χ4v) is 3.22. The van der Waals surface area contributed by atoms with Gasteiger partial charge in [0.15, 0.2) is 6.61 Å². The standard InChI is InChI=1S/C21H20N2O3S/c1-15-5-4-8-18(11-15)26-13-20(24)22-23-21(25)14-27-19-10-9-16-6-2-3-7-17(16)12-19/h2-12H,13-14H2,1H3,(H,22,24)(H,23,25). The average molecular weight is 380 g/mol. The second-order valence-electron chi connectivity index (χ2n) is 6.00. The highest BCUT2D eigenvalue weighted by atomic mass is 32.2. The minimum Gasteiger partial charge on any atom is -0.484 e. The molecule has 0 heterocycles. The van der Waals surface area contributed by atoms with E-state index in [-0.39, 0.29) is 18.3 Å². The average Bonchev–Trinajstić information content (AvgIpc) is 2.69. The first-order chi connectivity index (χ1) is 13.1. The summed E-state index contributed by atoms with van der Waals surface area (Å²) in [5, 5.41) is 2.29. The van der Waals surface area contributed by atoms with Crippen molar-refractivity contribution in [2.24, 2.45) is 0 Å². The van der Waals surface area contributed by atoms with Gasteiger partial charge in [-0.3, -0.25) is 20.4 Å². The van der Waals surface area contributed by atoms with E-state index in [9.17, 15) is 9.59 Å². The van der Waals surface area contributed by atoms with Crippen molar-refractivity contribution in [2.75, 3.05) is 12.4 Å². The molecule has 0 saturated heterocycles. The Balaban J connectivity index is 1.40. The number of rotatable bonds is 6. The van der Waals surface area contributed by atoms with Gasteiger partial charge in [0.25, 0.3) is 5.91 Å². The zero-order valence-electron chi connectivity index (χ0n) is 14.9. The molecule has 0 unspecified atom stereocenters. The van der Waals surface area contributed by atoms with Crippen LogP contribution in [0.15, 0.2) is 71.6 Å². The minimum absolute atomic E-state index is 0.165. The van der Waals surface area contributed by atoms with Gasteiger partial charge in [0.1, 0.15) is 5.75 Å². The van der Waals surface area contributed by atoms with Gasteiger partial charge >= 0.3 is 0 Å². The van der Waals surface area contributed by atoms with Gasteiger partial charge in [-0.2, -0.15) is 0 Å². The molecule has 0 fully saturated rings. The van der Waals surface area contributed by atoms with Crippen LogP contribution in [-0.2, 0) is 9.59 Å². The van der Waals surface area contributed by atoms with Crippen molar-refractivity contribution in [3.05, 3.63) is 72.3 Å². The normalized spacial score (nSPS) is 10.4. The van der Waals surface area contributed by atoms with Crippen LogP contribution in [0.1, 0.15) is 5.56 Å². The number of fused-ring (bicyclic) bond motifs is 1. The SMILES string of the molecule is Cc1cccc(OCC(=O)NNC(=O)CSc2ccc3ccccc3c2)c1. The topological polar surface area (TPSA) is 67.4 Å². The number of hydrogen-bond donors (Lipinski definition) is 2. The van der Waals surface area contributed by atoms with Gasteiger partial charge in [-0.05, 0) is 47.5 Å². The first kappa shape index (κ1) is 18.8. The number of carbonyl (C=O) groups excluding carboxylic acids is 2. The molecule has 27 heavy (non-hydrogen) atoms. The Labute approximate surface area is 162 Å². The Morgan fingerprint density at radius 3 is 2.48 bits per heavy atom. The van der Waals surface area contributed by atoms with E-state index in [0.717, 1.165) is 21.2 Å². The number of amides is 2. The molecule has 0 aliphatic rings. The predicted octanol–water partition coefficient (Wildman–Crippen LogP) is 3.47. The number of hydrogen-bond acceptors (Lipinski definition) is 4. The number of ether oxygens (including phenoxy) is 1. The van der Waals surface area contributed by atoms with E-state index >= 15 is 0 Å². The number of benzene rings is 3. The number of thioether (sulfide) groups is 1. The predicted molar refractivity (Wildman–Crippen MR) is 108 cm³/mol. The molecular weight excluding hydrogens is 360 g/mol. The van der Waals surface area contributed by atoms with Crippen molar-refractivity contribution in [1.82, 2.24) is 10.9 Å². The molecule has 0 aliphatic carbocycles. The first-order valence-corrected chi connectivity index (χ1v) is 9.47. The molecule has 0 atom stereocenters. The van der Waals surface area contributed by atoms with Crippen molar-refractivity contribution in [1.29, 1.82) is 0 Å². The van der Waals surface area contributed by atoms with Gasteiger partial charge in [0.2, 0.25) is 5.91 Å². The van der Waals surface area contributed by atoms with Crippen LogP contribution in [0.3, 0.4) is 0 Å². The van der Waals surface area contributed by atoms with Gasteiger partial charge < -0.3 is 4.74 Å². The Bertz CT molecular complexity index is 959. The minimum atomic E-state index is -0.416. The molecule has 5 nitrogen and oxygen atoms in total. The van der Waals surface area contributed by atoms with Gasteiger partial charge in [0, 0.05) is 4.90 Å². The highest BCUT2D eigenvalue weighted by Gasteiger charge is 2.07. The summed E-state index contributed by atoms with van der Waals surface area (Å²) in [4.78, 5) is 24.7. The molecule has 2 amide bonds. The third kappa shape index (κ3) is 5.76. The van der Waals surface area contributed by atoms with Crippen LogP contribution in [0.4, 0.5) is 0 Å². The summed E-state index contributed by atoms with van der Waals surface area (Å²) in [7, 11) is 0. The Morgan fingerprint density at radius 1 is 0.889 bits per heavy atom. The molecule has 0 bridgehead atoms. The van der Waals surface area contributed by atoms with Crippen molar-refractivity contribution >= 4 is 34.3 Å². The van der Waals surface area contributed by atoms with Crippen LogP contribution in [0.25, 0.3) is 10.8 Å². The summed E-state index contributed by atoms with van der Waals surface area (Å²) >= 11 is 1.41. The van der Waals surface area contributed by atoms with E-state index in [1.165, 1.54) is 11.8 Å². The van der Waals surface area contributed by atoms with Crippen LogP contribution in [0.2, 0.25) is 0 Å². The van der Waals surface area contributed by atoms with E-state index < -0.39 is 5.91 Å². The largest absolute Gasteiger partial charge is 0.484 e. The highest BCUT2D eigenvalue weighted by Crippen LogP contribution is 2.23. The molecule has 2 N–H and O–H groups in total. The Hall–Kier alpha value is -2.99. The zero-order chi connectivity index (χ0) is 19.1. The van der Waals surface area contributed by atoms with Gasteiger partial charge in [0.05, 0.1) is 5.75 Å². The third-order valence-corrected chi connectivity index (χ3v) is 4.79. The first-order valence-electron chi connectivity index (χ1n) is 8.49. The van der Waals surface area contributed by atoms with Gasteiger partial charge in [-0.25, -0.2) is 0 Å². The van der Waals surface area contributed by atoms with E-state index in [0.29, 0.717) is 5.75 Å². The van der Waals surface area contributed by atoms with Crippen molar-refractivity contribution < 1.29 is 14.3 Å². The smallest absolute Gasteiger partial charge is 0.276 e. The fourth-order valence-electron chi connectivity index (χ4n) is 2.47. The van der Waals surface area contributed by atoms with Crippen molar-refractivity contribution in [2.45, 2.75) is 11.8 Å². The summed E-state index contributed by atoms with van der Waals surface area (Å²) in [6, 6.07) is 21.5. The lowest BCUT2D eigenvalue weighted by molar-refractivity contribution is -0.128. The Kier molecular flexibility index (Phi) is 6.33. The summed E-state index contributed by atoms with van der Waals surface area (Å²) in [5.74, 6) is 0.123. The second-order valence-corrected chi connectivity index (χ2v) is 7.05. The molecule has 3 rings (SSSR count). The molecule has 0 aromatic heterocycles.